The summed E-state index contributed by atoms with van der Waals surface area (Å²) in [6.45, 7) is 0. The van der Waals surface area contributed by atoms with Crippen molar-refractivity contribution in [2.24, 2.45) is 5.73 Å². The van der Waals surface area contributed by atoms with Gasteiger partial charge in [-0.1, -0.05) is 37.1 Å². The molecule has 1 nitrogen and oxygen atoms in total. The van der Waals surface area contributed by atoms with Crippen LogP contribution in [0.25, 0.3) is 0 Å². The lowest BCUT2D eigenvalue weighted by molar-refractivity contribution is 0.272. The van der Waals surface area contributed by atoms with Crippen molar-refractivity contribution in [1.82, 2.24) is 0 Å². The molecule has 3 rings (SSSR count). The van der Waals surface area contributed by atoms with Crippen LogP contribution in [0.4, 0.5) is 0 Å². The summed E-state index contributed by atoms with van der Waals surface area (Å²) in [6, 6.07) is 8.82. The molecule has 2 atom stereocenters. The van der Waals surface area contributed by atoms with Gasteiger partial charge in [0.25, 0.3) is 0 Å². The van der Waals surface area contributed by atoms with E-state index in [-0.39, 0.29) is 5.54 Å². The Bertz CT molecular complexity index is 358. The second-order valence-corrected chi connectivity index (χ2v) is 4.91. The Balaban J connectivity index is 2.07. The molecule has 1 aromatic rings. The molecular weight excluding hydrogens is 170 g/mol. The molecule has 0 aliphatic heterocycles. The predicted molar refractivity (Wildman–Crippen MR) is 58.3 cm³/mol. The number of benzene rings is 1. The molecule has 1 saturated carbocycles. The van der Waals surface area contributed by atoms with Gasteiger partial charge in [-0.25, -0.2) is 0 Å². The first-order valence-electron chi connectivity index (χ1n) is 5.66. The molecule has 2 aliphatic carbocycles. The normalized spacial score (nSPS) is 35.1. The van der Waals surface area contributed by atoms with Crippen LogP contribution in [0.1, 0.15) is 42.7 Å². The Morgan fingerprint density at radius 2 is 2.07 bits per heavy atom. The molecule has 0 saturated heterocycles. The summed E-state index contributed by atoms with van der Waals surface area (Å²) in [7, 11) is 0. The molecule has 74 valence electrons. The maximum Gasteiger partial charge on any atom is 0.0264 e. The molecule has 0 spiro atoms. The first-order valence-corrected chi connectivity index (χ1v) is 5.66. The average molecular weight is 187 g/mol. The Hall–Kier alpha value is -0.820. The molecule has 0 radical (unpaired) electrons. The van der Waals surface area contributed by atoms with Crippen LogP contribution in [-0.2, 0) is 6.42 Å². The topological polar surface area (TPSA) is 26.0 Å². The van der Waals surface area contributed by atoms with E-state index in [1.165, 1.54) is 36.8 Å². The lowest BCUT2D eigenvalue weighted by Crippen LogP contribution is -2.45. The summed E-state index contributed by atoms with van der Waals surface area (Å²) in [4.78, 5) is 0. The summed E-state index contributed by atoms with van der Waals surface area (Å²) in [5, 5.41) is 0. The number of rotatable bonds is 0. The Morgan fingerprint density at radius 1 is 1.21 bits per heavy atom. The fourth-order valence-electron chi connectivity index (χ4n) is 3.33. The van der Waals surface area contributed by atoms with Crippen LogP contribution in [-0.4, -0.2) is 5.54 Å². The van der Waals surface area contributed by atoms with Crippen LogP contribution >= 0.6 is 0 Å². The van der Waals surface area contributed by atoms with E-state index in [9.17, 15) is 0 Å². The number of hydrogen-bond acceptors (Lipinski definition) is 1. The highest BCUT2D eigenvalue weighted by molar-refractivity contribution is 5.41. The third kappa shape index (κ3) is 1.05. The first kappa shape index (κ1) is 8.49. The maximum absolute atomic E-state index is 6.51. The van der Waals surface area contributed by atoms with Crippen LogP contribution in [0.15, 0.2) is 24.3 Å². The molecule has 0 heterocycles. The molecule has 2 N–H and O–H groups in total. The Labute approximate surface area is 85.3 Å². The van der Waals surface area contributed by atoms with E-state index in [1.54, 1.807) is 0 Å². The van der Waals surface area contributed by atoms with E-state index < -0.39 is 0 Å². The summed E-state index contributed by atoms with van der Waals surface area (Å²) >= 11 is 0. The zero-order valence-electron chi connectivity index (χ0n) is 8.50. The fourth-order valence-corrected chi connectivity index (χ4v) is 3.33. The molecule has 1 aromatic carbocycles. The number of nitrogens with two attached hydrogens (primary N) is 1. The van der Waals surface area contributed by atoms with Crippen molar-refractivity contribution in [2.45, 2.75) is 43.6 Å². The van der Waals surface area contributed by atoms with Crippen LogP contribution in [0, 0.1) is 0 Å². The molecule has 14 heavy (non-hydrogen) atoms. The third-order valence-corrected chi connectivity index (χ3v) is 4.03. The zero-order chi connectivity index (χ0) is 9.60. The smallest absolute Gasteiger partial charge is 0.0264 e. The van der Waals surface area contributed by atoms with Gasteiger partial charge in [0.1, 0.15) is 0 Å². The van der Waals surface area contributed by atoms with Crippen molar-refractivity contribution in [2.75, 3.05) is 0 Å². The van der Waals surface area contributed by atoms with Crippen LogP contribution in [0.2, 0.25) is 0 Å². The van der Waals surface area contributed by atoms with Crippen molar-refractivity contribution < 1.29 is 0 Å². The SMILES string of the molecule is N[C@@]12CCCC[C@@H]1c1ccccc1C2. The Kier molecular flexibility index (Phi) is 1.72. The van der Waals surface area contributed by atoms with Crippen LogP contribution < -0.4 is 5.73 Å². The van der Waals surface area contributed by atoms with Gasteiger partial charge in [0, 0.05) is 11.5 Å². The van der Waals surface area contributed by atoms with Crippen molar-refractivity contribution in [3.63, 3.8) is 0 Å². The summed E-state index contributed by atoms with van der Waals surface area (Å²) in [5.74, 6) is 0.646. The van der Waals surface area contributed by atoms with Crippen LogP contribution in [0.5, 0.6) is 0 Å². The van der Waals surface area contributed by atoms with E-state index in [1.807, 2.05) is 0 Å². The summed E-state index contributed by atoms with van der Waals surface area (Å²) in [5.41, 5.74) is 9.65. The largest absolute Gasteiger partial charge is 0.324 e. The van der Waals surface area contributed by atoms with Crippen molar-refractivity contribution in [1.29, 1.82) is 0 Å². The number of fused-ring (bicyclic) bond motifs is 3. The van der Waals surface area contributed by atoms with Gasteiger partial charge in [-0.15, -0.1) is 0 Å². The standard InChI is InChI=1S/C13H17N/c14-13-8-4-3-7-12(13)11-6-2-1-5-10(11)9-13/h1-2,5-6,12H,3-4,7-9,14H2/t12-,13-/m1/s1. The fraction of sp³-hybridized carbons (Fsp3) is 0.538. The second kappa shape index (κ2) is 2.83. The van der Waals surface area contributed by atoms with Gasteiger partial charge in [-0.3, -0.25) is 0 Å². The highest BCUT2D eigenvalue weighted by Gasteiger charge is 2.43. The lowest BCUT2D eigenvalue weighted by atomic mass is 9.74. The minimum absolute atomic E-state index is 0.0991. The molecule has 1 heteroatoms. The average Bonchev–Trinajstić information content (AvgIpc) is 2.49. The van der Waals surface area contributed by atoms with Crippen molar-refractivity contribution >= 4 is 0 Å². The van der Waals surface area contributed by atoms with Crippen LogP contribution in [0.3, 0.4) is 0 Å². The maximum atomic E-state index is 6.51. The van der Waals surface area contributed by atoms with Gasteiger partial charge < -0.3 is 5.73 Å². The zero-order valence-corrected chi connectivity index (χ0v) is 8.50. The van der Waals surface area contributed by atoms with E-state index in [0.29, 0.717) is 5.92 Å². The first-order chi connectivity index (χ1) is 6.80. The van der Waals surface area contributed by atoms with Gasteiger partial charge in [0.05, 0.1) is 0 Å². The molecular formula is C13H17N. The van der Waals surface area contributed by atoms with E-state index in [2.05, 4.69) is 24.3 Å². The monoisotopic (exact) mass is 187 g/mol. The van der Waals surface area contributed by atoms with Crippen molar-refractivity contribution in [3.8, 4) is 0 Å². The molecule has 0 amide bonds. The predicted octanol–water partition coefficient (Wildman–Crippen LogP) is 2.60. The molecule has 0 bridgehead atoms. The molecule has 0 unspecified atom stereocenters. The third-order valence-electron chi connectivity index (χ3n) is 4.03. The van der Waals surface area contributed by atoms with Gasteiger partial charge in [0.15, 0.2) is 0 Å². The second-order valence-electron chi connectivity index (χ2n) is 4.91. The Morgan fingerprint density at radius 3 is 3.00 bits per heavy atom. The molecule has 1 fully saturated rings. The highest BCUT2D eigenvalue weighted by atomic mass is 14.8. The summed E-state index contributed by atoms with van der Waals surface area (Å²) in [6.07, 6.45) is 6.30. The summed E-state index contributed by atoms with van der Waals surface area (Å²) < 4.78 is 0. The van der Waals surface area contributed by atoms with E-state index in [0.717, 1.165) is 6.42 Å². The molecule has 0 aromatic heterocycles. The van der Waals surface area contributed by atoms with E-state index >= 15 is 0 Å². The minimum atomic E-state index is 0.0991. The number of hydrogen-bond donors (Lipinski definition) is 1. The van der Waals surface area contributed by atoms with Crippen molar-refractivity contribution in [3.05, 3.63) is 35.4 Å². The van der Waals surface area contributed by atoms with Gasteiger partial charge in [-0.05, 0) is 30.4 Å². The highest BCUT2D eigenvalue weighted by Crippen LogP contribution is 2.47. The minimum Gasteiger partial charge on any atom is -0.324 e. The van der Waals surface area contributed by atoms with Gasteiger partial charge >= 0.3 is 0 Å². The van der Waals surface area contributed by atoms with E-state index in [4.69, 9.17) is 5.73 Å². The van der Waals surface area contributed by atoms with Gasteiger partial charge in [-0.2, -0.15) is 0 Å². The van der Waals surface area contributed by atoms with Gasteiger partial charge in [0.2, 0.25) is 0 Å². The quantitative estimate of drug-likeness (QED) is 0.663. The molecule has 2 aliphatic rings. The lowest BCUT2D eigenvalue weighted by Gasteiger charge is -2.36.